The number of hydrogen-bond acceptors (Lipinski definition) is 3. The Morgan fingerprint density at radius 3 is 2.26 bits per heavy atom. The van der Waals surface area contributed by atoms with E-state index in [2.05, 4.69) is 5.32 Å². The number of ether oxygens (including phenoxy) is 1. The second kappa shape index (κ2) is 6.78. The molecule has 0 atom stereocenters. The Kier molecular flexibility index (Phi) is 5.05. The molecule has 1 heterocycles. The number of nitrogens with zero attached hydrogens (tertiary/aromatic N) is 1. The summed E-state index contributed by atoms with van der Waals surface area (Å²) in [6, 6.07) is 0.384. The van der Waals surface area contributed by atoms with Gasteiger partial charge in [0.05, 0.1) is 13.0 Å². The van der Waals surface area contributed by atoms with Crippen molar-refractivity contribution in [3.63, 3.8) is 0 Å². The van der Waals surface area contributed by atoms with E-state index in [4.69, 9.17) is 4.74 Å². The molecule has 19 heavy (non-hydrogen) atoms. The van der Waals surface area contributed by atoms with Crippen LogP contribution in [0.2, 0.25) is 0 Å². The molecule has 2 fully saturated rings. The van der Waals surface area contributed by atoms with Gasteiger partial charge >= 0.3 is 12.0 Å². The molecule has 0 spiro atoms. The minimum atomic E-state index is -0.146. The van der Waals surface area contributed by atoms with Gasteiger partial charge in [0.1, 0.15) is 0 Å². The zero-order valence-electron chi connectivity index (χ0n) is 11.7. The van der Waals surface area contributed by atoms with Crippen LogP contribution >= 0.6 is 0 Å². The average Bonchev–Trinajstić information content (AvgIpc) is 2.47. The van der Waals surface area contributed by atoms with Crippen molar-refractivity contribution in [3.05, 3.63) is 0 Å². The van der Waals surface area contributed by atoms with E-state index in [1.54, 1.807) is 0 Å². The van der Waals surface area contributed by atoms with Crippen LogP contribution in [-0.2, 0) is 9.53 Å². The van der Waals surface area contributed by atoms with E-state index in [1.165, 1.54) is 26.4 Å². The lowest BCUT2D eigenvalue weighted by molar-refractivity contribution is -0.146. The van der Waals surface area contributed by atoms with E-state index in [-0.39, 0.29) is 17.9 Å². The maximum Gasteiger partial charge on any atom is 0.317 e. The molecular weight excluding hydrogens is 244 g/mol. The standard InChI is InChI=1S/C14H24N2O3/c1-19-13(17)11-7-9-16(10-8-11)14(18)15-12-5-3-2-4-6-12/h11-12H,2-10H2,1H3,(H,15,18). The van der Waals surface area contributed by atoms with E-state index in [1.807, 2.05) is 4.90 Å². The van der Waals surface area contributed by atoms with Crippen molar-refractivity contribution in [2.45, 2.75) is 51.0 Å². The van der Waals surface area contributed by atoms with Crippen LogP contribution in [0.5, 0.6) is 0 Å². The third kappa shape index (κ3) is 3.85. The van der Waals surface area contributed by atoms with Crippen LogP contribution in [0.1, 0.15) is 44.9 Å². The molecule has 0 bridgehead atoms. The molecule has 5 nitrogen and oxygen atoms in total. The van der Waals surface area contributed by atoms with E-state index in [9.17, 15) is 9.59 Å². The van der Waals surface area contributed by atoms with E-state index in [0.717, 1.165) is 12.8 Å². The van der Waals surface area contributed by atoms with Gasteiger partial charge < -0.3 is 15.0 Å². The van der Waals surface area contributed by atoms with Gasteiger partial charge in [0.2, 0.25) is 0 Å². The first-order valence-electron chi connectivity index (χ1n) is 7.34. The van der Waals surface area contributed by atoms with Crippen molar-refractivity contribution in [1.82, 2.24) is 10.2 Å². The number of esters is 1. The van der Waals surface area contributed by atoms with Gasteiger partial charge in [0, 0.05) is 19.1 Å². The molecule has 0 unspecified atom stereocenters. The van der Waals surface area contributed by atoms with Gasteiger partial charge in [-0.2, -0.15) is 0 Å². The summed E-state index contributed by atoms with van der Waals surface area (Å²) >= 11 is 0. The smallest absolute Gasteiger partial charge is 0.317 e. The van der Waals surface area contributed by atoms with E-state index < -0.39 is 0 Å². The highest BCUT2D eigenvalue weighted by Gasteiger charge is 2.28. The van der Waals surface area contributed by atoms with Crippen molar-refractivity contribution >= 4 is 12.0 Å². The summed E-state index contributed by atoms with van der Waals surface area (Å²) in [6.45, 7) is 1.30. The molecule has 0 aromatic rings. The highest BCUT2D eigenvalue weighted by Crippen LogP contribution is 2.20. The maximum atomic E-state index is 12.1. The topological polar surface area (TPSA) is 58.6 Å². The molecule has 1 N–H and O–H groups in total. The fourth-order valence-corrected chi connectivity index (χ4v) is 3.00. The third-order valence-electron chi connectivity index (χ3n) is 4.25. The van der Waals surface area contributed by atoms with Crippen LogP contribution in [0.4, 0.5) is 4.79 Å². The van der Waals surface area contributed by atoms with Gasteiger partial charge in [-0.3, -0.25) is 4.79 Å². The lowest BCUT2D eigenvalue weighted by Gasteiger charge is -2.33. The zero-order valence-corrected chi connectivity index (χ0v) is 11.7. The van der Waals surface area contributed by atoms with E-state index >= 15 is 0 Å². The Labute approximate surface area is 114 Å². The summed E-state index contributed by atoms with van der Waals surface area (Å²) in [6.07, 6.45) is 7.35. The van der Waals surface area contributed by atoms with Crippen molar-refractivity contribution in [2.75, 3.05) is 20.2 Å². The third-order valence-corrected chi connectivity index (χ3v) is 4.25. The number of rotatable bonds is 2. The summed E-state index contributed by atoms with van der Waals surface area (Å²) in [7, 11) is 1.42. The Morgan fingerprint density at radius 1 is 1.05 bits per heavy atom. The molecule has 0 aromatic carbocycles. The lowest BCUT2D eigenvalue weighted by Crippen LogP contribution is -2.49. The minimum absolute atomic E-state index is 0.0372. The summed E-state index contributed by atoms with van der Waals surface area (Å²) in [5.74, 6) is -0.184. The first-order valence-corrected chi connectivity index (χ1v) is 7.34. The number of urea groups is 1. The molecule has 5 heteroatoms. The number of hydrogen-bond donors (Lipinski definition) is 1. The van der Waals surface area contributed by atoms with Crippen molar-refractivity contribution in [3.8, 4) is 0 Å². The number of nitrogens with one attached hydrogen (secondary N) is 1. The number of carbonyl (C=O) groups is 2. The quantitative estimate of drug-likeness (QED) is 0.778. The average molecular weight is 268 g/mol. The summed E-state index contributed by atoms with van der Waals surface area (Å²) in [5, 5.41) is 3.12. The van der Waals surface area contributed by atoms with Crippen LogP contribution in [0.15, 0.2) is 0 Å². The molecule has 1 saturated heterocycles. The second-order valence-corrected chi connectivity index (χ2v) is 5.57. The fraction of sp³-hybridized carbons (Fsp3) is 0.857. The predicted molar refractivity (Wildman–Crippen MR) is 71.7 cm³/mol. The normalized spacial score (nSPS) is 22.1. The maximum absolute atomic E-state index is 12.1. The highest BCUT2D eigenvalue weighted by atomic mass is 16.5. The molecule has 2 amide bonds. The molecule has 1 aliphatic heterocycles. The molecular formula is C14H24N2O3. The molecule has 108 valence electrons. The first-order chi connectivity index (χ1) is 9.20. The summed E-state index contributed by atoms with van der Waals surface area (Å²) in [5.41, 5.74) is 0. The van der Waals surface area contributed by atoms with Gasteiger partial charge in [0.15, 0.2) is 0 Å². The molecule has 1 aliphatic carbocycles. The van der Waals surface area contributed by atoms with Gasteiger partial charge in [-0.1, -0.05) is 19.3 Å². The first kappa shape index (κ1) is 14.2. The second-order valence-electron chi connectivity index (χ2n) is 5.57. The highest BCUT2D eigenvalue weighted by molar-refractivity contribution is 5.76. The monoisotopic (exact) mass is 268 g/mol. The SMILES string of the molecule is COC(=O)C1CCN(C(=O)NC2CCCCC2)CC1. The van der Waals surface area contributed by atoms with Gasteiger partial charge in [-0.15, -0.1) is 0 Å². The van der Waals surface area contributed by atoms with Gasteiger partial charge in [-0.25, -0.2) is 4.79 Å². The minimum Gasteiger partial charge on any atom is -0.469 e. The Balaban J connectivity index is 1.74. The number of amides is 2. The van der Waals surface area contributed by atoms with Gasteiger partial charge in [-0.05, 0) is 25.7 Å². The molecule has 1 saturated carbocycles. The Bertz CT molecular complexity index is 319. The number of methoxy groups -OCH3 is 1. The van der Waals surface area contributed by atoms with Crippen molar-refractivity contribution in [2.24, 2.45) is 5.92 Å². The number of piperidine rings is 1. The van der Waals surface area contributed by atoms with Crippen molar-refractivity contribution in [1.29, 1.82) is 0 Å². The number of carbonyl (C=O) groups excluding carboxylic acids is 2. The predicted octanol–water partition coefficient (Wildman–Crippen LogP) is 1.91. The summed E-state index contributed by atoms with van der Waals surface area (Å²) in [4.78, 5) is 25.4. The Hall–Kier alpha value is -1.26. The number of likely N-dealkylation sites (tertiary alicyclic amines) is 1. The van der Waals surface area contributed by atoms with Crippen LogP contribution in [0, 0.1) is 5.92 Å². The van der Waals surface area contributed by atoms with E-state index in [0.29, 0.717) is 32.0 Å². The van der Waals surface area contributed by atoms with Crippen molar-refractivity contribution < 1.29 is 14.3 Å². The largest absolute Gasteiger partial charge is 0.469 e. The van der Waals surface area contributed by atoms with Crippen LogP contribution < -0.4 is 5.32 Å². The van der Waals surface area contributed by atoms with Crippen LogP contribution in [0.25, 0.3) is 0 Å². The van der Waals surface area contributed by atoms with Gasteiger partial charge in [0.25, 0.3) is 0 Å². The molecule has 0 radical (unpaired) electrons. The summed E-state index contributed by atoms with van der Waals surface area (Å²) < 4.78 is 4.75. The Morgan fingerprint density at radius 2 is 1.68 bits per heavy atom. The van der Waals surface area contributed by atoms with Crippen LogP contribution in [0.3, 0.4) is 0 Å². The zero-order chi connectivity index (χ0) is 13.7. The molecule has 2 rings (SSSR count). The fourth-order valence-electron chi connectivity index (χ4n) is 3.00. The lowest BCUT2D eigenvalue weighted by atomic mass is 9.95. The van der Waals surface area contributed by atoms with Crippen LogP contribution in [-0.4, -0.2) is 43.1 Å². The molecule has 0 aromatic heterocycles. The molecule has 2 aliphatic rings.